The largest absolute Gasteiger partial charge is 0.453 e. The van der Waals surface area contributed by atoms with Crippen LogP contribution in [0.4, 0.5) is 16.3 Å². The Morgan fingerprint density at radius 3 is 2.54 bits per heavy atom. The number of rotatable bonds is 5. The number of hydrogen-bond donors (Lipinski definition) is 2. The predicted octanol–water partition coefficient (Wildman–Crippen LogP) is 3.35. The van der Waals surface area contributed by atoms with Crippen LogP contribution >= 0.6 is 11.8 Å². The molecule has 3 rings (SSSR count). The quantitative estimate of drug-likeness (QED) is 0.527. The summed E-state index contributed by atoms with van der Waals surface area (Å²) in [5.74, 6) is 0.173. The molecule has 0 bridgehead atoms. The number of carbonyl (C=O) groups excluding carboxylic acids is 2. The number of carbonyl (C=O) groups is 2. The minimum atomic E-state index is -0.790. The van der Waals surface area contributed by atoms with E-state index in [1.807, 2.05) is 54.6 Å². The summed E-state index contributed by atoms with van der Waals surface area (Å²) in [5, 5.41) is 6.68. The number of hydrogen-bond acceptors (Lipinski definition) is 7. The number of imide groups is 1. The van der Waals surface area contributed by atoms with Gasteiger partial charge in [-0.3, -0.25) is 10.1 Å². The minimum Gasteiger partial charge on any atom is -0.453 e. The normalized spacial score (nSPS) is 10.3. The molecule has 0 radical (unpaired) electrons. The Bertz CT molecular complexity index is 934. The van der Waals surface area contributed by atoms with Gasteiger partial charge in [-0.05, 0) is 24.3 Å². The van der Waals surface area contributed by atoms with Crippen LogP contribution < -0.4 is 10.6 Å². The molecule has 0 fully saturated rings. The van der Waals surface area contributed by atoms with E-state index in [9.17, 15) is 9.59 Å². The Hall–Kier alpha value is -3.13. The molecule has 132 valence electrons. The number of amides is 2. The van der Waals surface area contributed by atoms with Crippen molar-refractivity contribution < 1.29 is 14.3 Å². The number of anilines is 2. The molecule has 2 amide bonds. The van der Waals surface area contributed by atoms with E-state index in [0.29, 0.717) is 11.0 Å². The highest BCUT2D eigenvalue weighted by molar-refractivity contribution is 7.99. The number of methoxy groups -OCH3 is 1. The van der Waals surface area contributed by atoms with E-state index in [2.05, 4.69) is 25.3 Å². The molecule has 1 heterocycles. The van der Waals surface area contributed by atoms with Crippen LogP contribution in [0.1, 0.15) is 0 Å². The lowest BCUT2D eigenvalue weighted by molar-refractivity contribution is -0.117. The van der Waals surface area contributed by atoms with Crippen molar-refractivity contribution >= 4 is 46.2 Å². The average Bonchev–Trinajstić information content (AvgIpc) is 2.67. The first kappa shape index (κ1) is 17.7. The van der Waals surface area contributed by atoms with Gasteiger partial charge in [0, 0.05) is 11.1 Å². The maximum absolute atomic E-state index is 11.7. The van der Waals surface area contributed by atoms with Crippen molar-refractivity contribution in [3.05, 3.63) is 54.6 Å². The first-order valence-electron chi connectivity index (χ1n) is 7.75. The lowest BCUT2D eigenvalue weighted by Crippen LogP contribution is -2.31. The van der Waals surface area contributed by atoms with Gasteiger partial charge in [0.15, 0.2) is 5.16 Å². The number of ether oxygens (including phenoxy) is 1. The monoisotopic (exact) mass is 368 g/mol. The van der Waals surface area contributed by atoms with Gasteiger partial charge in [-0.15, -0.1) is 0 Å². The van der Waals surface area contributed by atoms with E-state index >= 15 is 0 Å². The zero-order chi connectivity index (χ0) is 18.4. The maximum atomic E-state index is 11.7. The molecular weight excluding hydrogens is 352 g/mol. The van der Waals surface area contributed by atoms with Crippen molar-refractivity contribution in [2.75, 3.05) is 18.2 Å². The molecule has 3 aromatic rings. The van der Waals surface area contributed by atoms with Crippen molar-refractivity contribution in [3.8, 4) is 0 Å². The summed E-state index contributed by atoms with van der Waals surface area (Å²) in [4.78, 5) is 31.8. The standard InChI is InChI=1S/C18H16N4O3S/c1-25-18(24)21-15(23)11-26-17-20-14-10-6-5-9-13(14)16(22-17)19-12-7-3-2-4-8-12/h2-10H,11H2,1H3,(H,19,20,22)(H,21,23,24). The summed E-state index contributed by atoms with van der Waals surface area (Å²) in [7, 11) is 1.20. The van der Waals surface area contributed by atoms with Gasteiger partial charge in [0.1, 0.15) is 5.82 Å². The summed E-state index contributed by atoms with van der Waals surface area (Å²) < 4.78 is 4.39. The van der Waals surface area contributed by atoms with E-state index in [1.165, 1.54) is 7.11 Å². The van der Waals surface area contributed by atoms with Crippen LogP contribution in [-0.4, -0.2) is 34.8 Å². The second kappa shape index (κ2) is 8.30. The molecule has 1 aromatic heterocycles. The van der Waals surface area contributed by atoms with E-state index in [4.69, 9.17) is 0 Å². The van der Waals surface area contributed by atoms with Gasteiger partial charge in [-0.1, -0.05) is 42.1 Å². The third-order valence-corrected chi connectivity index (χ3v) is 4.23. The van der Waals surface area contributed by atoms with Crippen molar-refractivity contribution in [3.63, 3.8) is 0 Å². The number of benzene rings is 2. The zero-order valence-electron chi connectivity index (χ0n) is 13.9. The van der Waals surface area contributed by atoms with Gasteiger partial charge in [0.2, 0.25) is 5.91 Å². The highest BCUT2D eigenvalue weighted by atomic mass is 32.2. The number of alkyl carbamates (subject to hydrolysis) is 1. The molecule has 0 saturated carbocycles. The first-order valence-corrected chi connectivity index (χ1v) is 8.74. The fourth-order valence-corrected chi connectivity index (χ4v) is 2.86. The van der Waals surface area contributed by atoms with Gasteiger partial charge < -0.3 is 10.1 Å². The smallest absolute Gasteiger partial charge is 0.413 e. The number of para-hydroxylation sites is 2. The second-order valence-electron chi connectivity index (χ2n) is 5.19. The predicted molar refractivity (Wildman–Crippen MR) is 101 cm³/mol. The van der Waals surface area contributed by atoms with Gasteiger partial charge in [0.05, 0.1) is 18.4 Å². The molecule has 26 heavy (non-hydrogen) atoms. The number of thioether (sulfide) groups is 1. The maximum Gasteiger partial charge on any atom is 0.413 e. The number of nitrogens with one attached hydrogen (secondary N) is 2. The highest BCUT2D eigenvalue weighted by Crippen LogP contribution is 2.26. The van der Waals surface area contributed by atoms with Crippen LogP contribution in [0.25, 0.3) is 10.9 Å². The van der Waals surface area contributed by atoms with Crippen LogP contribution in [0.5, 0.6) is 0 Å². The summed E-state index contributed by atoms with van der Waals surface area (Å²) in [5.41, 5.74) is 1.66. The second-order valence-corrected chi connectivity index (χ2v) is 6.13. The Morgan fingerprint density at radius 2 is 1.77 bits per heavy atom. The molecule has 2 aromatic carbocycles. The molecule has 0 saturated heterocycles. The molecule has 0 atom stereocenters. The lowest BCUT2D eigenvalue weighted by atomic mass is 10.2. The lowest BCUT2D eigenvalue weighted by Gasteiger charge is -2.10. The summed E-state index contributed by atoms with van der Waals surface area (Å²) in [6.45, 7) is 0. The number of aromatic nitrogens is 2. The fraction of sp³-hybridized carbons (Fsp3) is 0.111. The molecular formula is C18H16N4O3S. The molecule has 8 heteroatoms. The fourth-order valence-electron chi connectivity index (χ4n) is 2.20. The van der Waals surface area contributed by atoms with E-state index < -0.39 is 12.0 Å². The third-order valence-electron chi connectivity index (χ3n) is 3.38. The van der Waals surface area contributed by atoms with E-state index in [0.717, 1.165) is 28.4 Å². The van der Waals surface area contributed by atoms with Crippen LogP contribution in [0.3, 0.4) is 0 Å². The number of fused-ring (bicyclic) bond motifs is 1. The molecule has 0 unspecified atom stereocenters. The first-order chi connectivity index (χ1) is 12.7. The minimum absolute atomic E-state index is 0.00177. The number of nitrogens with zero attached hydrogens (tertiary/aromatic N) is 2. The van der Waals surface area contributed by atoms with E-state index in [-0.39, 0.29) is 5.75 Å². The molecule has 0 aliphatic rings. The summed E-state index contributed by atoms with van der Waals surface area (Å²) in [6, 6.07) is 17.3. The highest BCUT2D eigenvalue weighted by Gasteiger charge is 2.12. The van der Waals surface area contributed by atoms with Crippen molar-refractivity contribution in [1.82, 2.24) is 15.3 Å². The zero-order valence-corrected chi connectivity index (χ0v) is 14.7. The molecule has 0 aliphatic carbocycles. The van der Waals surface area contributed by atoms with Crippen LogP contribution in [-0.2, 0) is 9.53 Å². The van der Waals surface area contributed by atoms with Gasteiger partial charge >= 0.3 is 6.09 Å². The average molecular weight is 368 g/mol. The van der Waals surface area contributed by atoms with Gasteiger partial charge in [-0.25, -0.2) is 14.8 Å². The van der Waals surface area contributed by atoms with Crippen LogP contribution in [0, 0.1) is 0 Å². The molecule has 0 spiro atoms. The molecule has 7 nitrogen and oxygen atoms in total. The van der Waals surface area contributed by atoms with Gasteiger partial charge in [0.25, 0.3) is 0 Å². The Kier molecular flexibility index (Phi) is 5.65. The van der Waals surface area contributed by atoms with Crippen LogP contribution in [0.15, 0.2) is 59.8 Å². The Morgan fingerprint density at radius 1 is 1.04 bits per heavy atom. The van der Waals surface area contributed by atoms with Gasteiger partial charge in [-0.2, -0.15) is 0 Å². The summed E-state index contributed by atoms with van der Waals surface area (Å²) in [6.07, 6.45) is -0.790. The topological polar surface area (TPSA) is 93.2 Å². The Labute approximate surface area is 154 Å². The molecule has 2 N–H and O–H groups in total. The summed E-state index contributed by atoms with van der Waals surface area (Å²) >= 11 is 1.14. The van der Waals surface area contributed by atoms with E-state index in [1.54, 1.807) is 0 Å². The third kappa shape index (κ3) is 4.48. The van der Waals surface area contributed by atoms with Crippen molar-refractivity contribution in [2.45, 2.75) is 5.16 Å². The van der Waals surface area contributed by atoms with Crippen LogP contribution in [0.2, 0.25) is 0 Å². The molecule has 0 aliphatic heterocycles. The SMILES string of the molecule is COC(=O)NC(=O)CSc1nc(Nc2ccccc2)c2ccccc2n1. The van der Waals surface area contributed by atoms with Crippen molar-refractivity contribution in [1.29, 1.82) is 0 Å². The Balaban J connectivity index is 1.82. The van der Waals surface area contributed by atoms with Crippen molar-refractivity contribution in [2.24, 2.45) is 0 Å².